The van der Waals surface area contributed by atoms with Gasteiger partial charge in [-0.1, -0.05) is 0 Å². The van der Waals surface area contributed by atoms with Crippen molar-refractivity contribution >= 4 is 40.5 Å². The van der Waals surface area contributed by atoms with Crippen LogP contribution in [0, 0.1) is 6.92 Å². The minimum atomic E-state index is 0.0113. The Balaban J connectivity index is 1.72. The van der Waals surface area contributed by atoms with Crippen molar-refractivity contribution in [2.45, 2.75) is 20.0 Å². The zero-order chi connectivity index (χ0) is 32.6. The van der Waals surface area contributed by atoms with Gasteiger partial charge in [-0.25, -0.2) is 19.6 Å². The van der Waals surface area contributed by atoms with E-state index in [2.05, 4.69) is 15.0 Å². The van der Waals surface area contributed by atoms with Gasteiger partial charge >= 0.3 is 0 Å². The summed E-state index contributed by atoms with van der Waals surface area (Å²) in [6.45, 7) is 9.17. The molecule has 0 aromatic carbocycles. The number of ether oxygens (including phenoxy) is 4. The van der Waals surface area contributed by atoms with Crippen molar-refractivity contribution in [2.24, 2.45) is 0 Å². The first-order valence-corrected chi connectivity index (χ1v) is 15.6. The number of hydrogen-bond donors (Lipinski definition) is 0. The van der Waals surface area contributed by atoms with Gasteiger partial charge in [-0.05, 0) is 6.92 Å². The van der Waals surface area contributed by atoms with Gasteiger partial charge in [0.25, 0.3) is 0 Å². The monoisotopic (exact) mass is 642 g/mol. The van der Waals surface area contributed by atoms with Gasteiger partial charge in [0, 0.05) is 81.3 Å². The summed E-state index contributed by atoms with van der Waals surface area (Å²) in [4.78, 5) is 48.1. The Labute approximate surface area is 269 Å². The molecule has 17 heteroatoms. The largest absolute Gasteiger partial charge is 0.383 e. The van der Waals surface area contributed by atoms with E-state index in [1.165, 1.54) is 0 Å². The average molecular weight is 643 g/mol. The molecule has 0 unspecified atom stereocenters. The summed E-state index contributed by atoms with van der Waals surface area (Å²) in [5.74, 6) is 3.84. The molecule has 2 aliphatic rings. The third-order valence-electron chi connectivity index (χ3n) is 8.13. The molecule has 3 aromatic rings. The van der Waals surface area contributed by atoms with Crippen molar-refractivity contribution < 1.29 is 23.7 Å². The van der Waals surface area contributed by atoms with Gasteiger partial charge in [0.1, 0.15) is 22.7 Å². The molecule has 5 heterocycles. The zero-order valence-electron chi connectivity index (χ0n) is 27.8. The summed E-state index contributed by atoms with van der Waals surface area (Å²) in [6, 6.07) is 0. The van der Waals surface area contributed by atoms with E-state index in [1.54, 1.807) is 33.3 Å². The summed E-state index contributed by atoms with van der Waals surface area (Å²) >= 11 is 0. The molecule has 1 amide bonds. The minimum absolute atomic E-state index is 0.0113. The van der Waals surface area contributed by atoms with Crippen molar-refractivity contribution in [2.75, 3.05) is 134 Å². The lowest BCUT2D eigenvalue weighted by molar-refractivity contribution is -0.129. The highest BCUT2D eigenvalue weighted by Gasteiger charge is 2.30. The Morgan fingerprint density at radius 1 is 0.652 bits per heavy atom. The summed E-state index contributed by atoms with van der Waals surface area (Å²) in [7, 11) is 8.49. The van der Waals surface area contributed by atoms with Gasteiger partial charge in [0.05, 0.1) is 46.1 Å². The molecule has 0 N–H and O–H groups in total. The molecule has 17 nitrogen and oxygen atoms in total. The van der Waals surface area contributed by atoms with Crippen LogP contribution in [0.15, 0.2) is 0 Å². The third-order valence-corrected chi connectivity index (χ3v) is 8.13. The maximum absolute atomic E-state index is 13.0. The highest BCUT2D eigenvalue weighted by Crippen LogP contribution is 2.34. The molecule has 0 spiro atoms. The molecule has 2 aliphatic heterocycles. The van der Waals surface area contributed by atoms with E-state index in [9.17, 15) is 4.79 Å². The fourth-order valence-corrected chi connectivity index (χ4v) is 5.50. The molecule has 3 aromatic heterocycles. The van der Waals surface area contributed by atoms with Gasteiger partial charge in [0.2, 0.25) is 17.8 Å². The molecule has 0 atom stereocenters. The number of carbonyl (C=O) groups excluding carboxylic acids is 1. The quantitative estimate of drug-likeness (QED) is 0.203. The van der Waals surface area contributed by atoms with Crippen molar-refractivity contribution in [1.29, 1.82) is 0 Å². The van der Waals surface area contributed by atoms with Crippen molar-refractivity contribution in [3.8, 4) is 0 Å². The van der Waals surface area contributed by atoms with E-state index in [4.69, 9.17) is 38.9 Å². The first-order chi connectivity index (χ1) is 22.4. The lowest BCUT2D eigenvalue weighted by Crippen LogP contribution is -2.49. The van der Waals surface area contributed by atoms with E-state index < -0.39 is 0 Å². The molecule has 5 rings (SSSR count). The fourth-order valence-electron chi connectivity index (χ4n) is 5.50. The first-order valence-electron chi connectivity index (χ1n) is 15.6. The van der Waals surface area contributed by atoms with Gasteiger partial charge in [0.15, 0.2) is 11.6 Å². The zero-order valence-corrected chi connectivity index (χ0v) is 27.8. The van der Waals surface area contributed by atoms with E-state index in [-0.39, 0.29) is 12.5 Å². The molecule has 0 bridgehead atoms. The van der Waals surface area contributed by atoms with Crippen molar-refractivity contribution in [3.63, 3.8) is 0 Å². The number of piperazine rings is 1. The fraction of sp³-hybridized carbons (Fsp3) is 0.690. The standard InChI is InChI=1S/C29H46N12O5/c1-21-30-22-19-39(9-10-41(22)35-21)26-24-25(32-28(33-26)37(11-15-43-3)12-16-44-4)27(40-8-7-36(2)23(42)20-40)34-29(31-24)38(13-17-45-5)14-18-46-6/h7-20H2,1-6H3. The SMILES string of the molecule is COCCN(CCOC)c1nc(N2CCn3nc(C)nc3C2)c2nc(N(CCOC)CCOC)nc(N3CCN(C)C(=O)C3)c2n1. The predicted molar refractivity (Wildman–Crippen MR) is 173 cm³/mol. The maximum atomic E-state index is 13.0. The van der Waals surface area contributed by atoms with Crippen LogP contribution in [0.4, 0.5) is 23.5 Å². The van der Waals surface area contributed by atoms with Crippen LogP contribution < -0.4 is 19.6 Å². The number of aromatic nitrogens is 7. The molecule has 0 saturated carbocycles. The second-order valence-electron chi connectivity index (χ2n) is 11.3. The van der Waals surface area contributed by atoms with Crippen LogP contribution >= 0.6 is 0 Å². The number of amides is 1. The van der Waals surface area contributed by atoms with Gasteiger partial charge in [-0.3, -0.25) is 4.79 Å². The van der Waals surface area contributed by atoms with Crippen molar-refractivity contribution in [1.82, 2.24) is 39.6 Å². The van der Waals surface area contributed by atoms with Crippen LogP contribution in [0.2, 0.25) is 0 Å². The average Bonchev–Trinajstić information content (AvgIpc) is 3.44. The Kier molecular flexibility index (Phi) is 11.3. The molecular formula is C29H46N12O5. The second kappa shape index (κ2) is 15.6. The number of aryl methyl sites for hydroxylation is 1. The molecule has 252 valence electrons. The number of likely N-dealkylation sites (N-methyl/N-ethyl adjacent to an activating group) is 1. The molecule has 46 heavy (non-hydrogen) atoms. The smallest absolute Gasteiger partial charge is 0.241 e. The highest BCUT2D eigenvalue weighted by atomic mass is 16.5. The van der Waals surface area contributed by atoms with Gasteiger partial charge in [-0.2, -0.15) is 15.1 Å². The molecule has 0 aliphatic carbocycles. The summed E-state index contributed by atoms with van der Waals surface area (Å²) in [5.41, 5.74) is 1.17. The molecule has 1 fully saturated rings. The topological polar surface area (TPSA) is 152 Å². The highest BCUT2D eigenvalue weighted by molar-refractivity contribution is 5.96. The maximum Gasteiger partial charge on any atom is 0.241 e. The minimum Gasteiger partial charge on any atom is -0.383 e. The van der Waals surface area contributed by atoms with Gasteiger partial charge in [-0.15, -0.1) is 0 Å². The molecular weight excluding hydrogens is 596 g/mol. The predicted octanol–water partition coefficient (Wildman–Crippen LogP) is -0.183. The lowest BCUT2D eigenvalue weighted by Gasteiger charge is -2.34. The van der Waals surface area contributed by atoms with E-state index in [1.807, 2.05) is 33.4 Å². The Morgan fingerprint density at radius 3 is 1.61 bits per heavy atom. The number of methoxy groups -OCH3 is 4. The molecule has 0 radical (unpaired) electrons. The van der Waals surface area contributed by atoms with E-state index >= 15 is 0 Å². The van der Waals surface area contributed by atoms with Crippen LogP contribution in [0.5, 0.6) is 0 Å². The first kappa shape index (κ1) is 33.4. The van der Waals surface area contributed by atoms with Crippen LogP contribution in [-0.4, -0.2) is 160 Å². The number of nitrogens with zero attached hydrogens (tertiary/aromatic N) is 12. The van der Waals surface area contributed by atoms with Crippen molar-refractivity contribution in [3.05, 3.63) is 11.6 Å². The third kappa shape index (κ3) is 7.54. The second-order valence-corrected chi connectivity index (χ2v) is 11.3. The van der Waals surface area contributed by atoms with Crippen LogP contribution in [0.3, 0.4) is 0 Å². The Bertz CT molecular complexity index is 1460. The summed E-state index contributed by atoms with van der Waals surface area (Å²) in [5, 5.41) is 4.55. The number of fused-ring (bicyclic) bond motifs is 2. The van der Waals surface area contributed by atoms with Crippen LogP contribution in [0.25, 0.3) is 11.0 Å². The number of carbonyl (C=O) groups is 1. The lowest BCUT2D eigenvalue weighted by atomic mass is 10.2. The Morgan fingerprint density at radius 2 is 1.13 bits per heavy atom. The number of hydrogen-bond acceptors (Lipinski definition) is 15. The van der Waals surface area contributed by atoms with E-state index in [0.717, 1.165) is 11.6 Å². The summed E-state index contributed by atoms with van der Waals surface area (Å²) in [6.07, 6.45) is 0. The normalized spacial score (nSPS) is 15.2. The number of rotatable bonds is 16. The van der Waals surface area contributed by atoms with E-state index in [0.29, 0.717) is 120 Å². The van der Waals surface area contributed by atoms with Crippen LogP contribution in [0.1, 0.15) is 11.6 Å². The Hall–Kier alpha value is -3.93. The summed E-state index contributed by atoms with van der Waals surface area (Å²) < 4.78 is 23.6. The molecule has 1 saturated heterocycles. The van der Waals surface area contributed by atoms with Gasteiger partial charge < -0.3 is 43.4 Å². The van der Waals surface area contributed by atoms with Crippen LogP contribution in [-0.2, 0) is 36.8 Å². The number of anilines is 4.